The number of rotatable bonds is 17. The first-order valence-electron chi connectivity index (χ1n) is 19.6. The first-order valence-corrected chi connectivity index (χ1v) is 22.4. The minimum absolute atomic E-state index is 0.00409. The Hall–Kier alpha value is -4.24. The Labute approximate surface area is 342 Å². The van der Waals surface area contributed by atoms with Crippen molar-refractivity contribution >= 4 is 47.7 Å². The van der Waals surface area contributed by atoms with Crippen molar-refractivity contribution in [3.63, 3.8) is 0 Å². The molecule has 11 nitrogen and oxygen atoms in total. The third-order valence-corrected chi connectivity index (χ3v) is 16.3. The number of likely N-dealkylation sites (tertiary alicyclic amines) is 1. The van der Waals surface area contributed by atoms with Crippen LogP contribution in [0, 0.1) is 12.3 Å². The van der Waals surface area contributed by atoms with E-state index in [-0.39, 0.29) is 50.3 Å². The molecule has 306 valence electrons. The van der Waals surface area contributed by atoms with Gasteiger partial charge in [-0.2, -0.15) is 0 Å². The second-order valence-electron chi connectivity index (χ2n) is 16.6. The van der Waals surface area contributed by atoms with Crippen LogP contribution in [0.15, 0.2) is 90.4 Å². The number of carbonyl (C=O) groups excluding carboxylic acids is 3. The number of aliphatic hydroxyl groups is 1. The molecule has 4 aromatic rings. The van der Waals surface area contributed by atoms with Crippen molar-refractivity contribution in [2.75, 3.05) is 39.6 Å². The minimum atomic E-state index is -2.67. The van der Waals surface area contributed by atoms with E-state index in [0.717, 1.165) is 21.7 Å². The molecule has 0 bridgehead atoms. The molecule has 3 aromatic carbocycles. The van der Waals surface area contributed by atoms with Crippen LogP contribution in [-0.2, 0) is 34.8 Å². The van der Waals surface area contributed by atoms with E-state index in [4.69, 9.17) is 13.9 Å². The topological polar surface area (TPSA) is 139 Å². The van der Waals surface area contributed by atoms with E-state index in [1.54, 1.807) is 11.3 Å². The van der Waals surface area contributed by atoms with Crippen molar-refractivity contribution < 1.29 is 33.4 Å². The summed E-state index contributed by atoms with van der Waals surface area (Å²) in [5, 5.41) is 18.6. The molecule has 13 heteroatoms. The molecule has 0 aliphatic carbocycles. The predicted octanol–water partition coefficient (Wildman–Crippen LogP) is 4.84. The van der Waals surface area contributed by atoms with Gasteiger partial charge in [0, 0.05) is 19.5 Å². The van der Waals surface area contributed by atoms with E-state index in [1.165, 1.54) is 15.3 Å². The Bertz CT molecular complexity index is 1870. The number of ether oxygens (including phenoxy) is 2. The van der Waals surface area contributed by atoms with Gasteiger partial charge in [-0.3, -0.25) is 14.4 Å². The lowest BCUT2D eigenvalue weighted by Gasteiger charge is -2.43. The van der Waals surface area contributed by atoms with Crippen LogP contribution < -0.4 is 21.0 Å². The molecule has 57 heavy (non-hydrogen) atoms. The number of nitrogens with zero attached hydrogens (tertiary/aromatic N) is 2. The van der Waals surface area contributed by atoms with Crippen molar-refractivity contribution in [2.24, 2.45) is 5.41 Å². The number of amides is 3. The van der Waals surface area contributed by atoms with Crippen molar-refractivity contribution in [2.45, 2.75) is 84.7 Å². The lowest BCUT2D eigenvalue weighted by atomic mass is 9.85. The van der Waals surface area contributed by atoms with E-state index >= 15 is 0 Å². The number of hydrogen-bond donors (Lipinski definition) is 3. The van der Waals surface area contributed by atoms with Gasteiger partial charge in [0.15, 0.2) is 0 Å². The van der Waals surface area contributed by atoms with E-state index < -0.39 is 43.7 Å². The van der Waals surface area contributed by atoms with Gasteiger partial charge in [-0.1, -0.05) is 126 Å². The summed E-state index contributed by atoms with van der Waals surface area (Å²) in [6, 6.07) is 26.9. The number of thiazole rings is 1. The van der Waals surface area contributed by atoms with Gasteiger partial charge < -0.3 is 34.5 Å². The van der Waals surface area contributed by atoms with Crippen LogP contribution in [-0.4, -0.2) is 98.8 Å². The Morgan fingerprint density at radius 2 is 1.47 bits per heavy atom. The Morgan fingerprint density at radius 1 is 0.877 bits per heavy atom. The lowest BCUT2D eigenvalue weighted by Crippen LogP contribution is -2.66. The number of nitrogens with one attached hydrogen (secondary N) is 2. The van der Waals surface area contributed by atoms with Gasteiger partial charge in [-0.05, 0) is 38.9 Å². The molecule has 3 atom stereocenters. The first-order chi connectivity index (χ1) is 27.1. The van der Waals surface area contributed by atoms with Crippen molar-refractivity contribution in [3.8, 4) is 10.4 Å². The molecule has 0 saturated carbocycles. The zero-order valence-corrected chi connectivity index (χ0v) is 36.1. The average Bonchev–Trinajstić information content (AvgIpc) is 3.80. The smallest absolute Gasteiger partial charge is 0.261 e. The summed E-state index contributed by atoms with van der Waals surface area (Å²) >= 11 is 1.58. The summed E-state index contributed by atoms with van der Waals surface area (Å²) in [6.45, 7) is 15.4. The second kappa shape index (κ2) is 19.5. The number of benzene rings is 3. The Kier molecular flexibility index (Phi) is 15.0. The number of aryl methyl sites for hydroxylation is 1. The number of aliphatic hydroxyl groups excluding tert-OH is 1. The standard InChI is InChI=1S/C44H58N4O7SSi/c1-31-39(56-30-46-31)33-20-18-32(19-21-33)27-45-41(51)37-26-34(49)28-48(37)42(52)40(43(2,3)4)47-38(50)29-54-23-22-53-24-25-55-57(44(5,6)7,35-14-10-8-11-15-35)36-16-12-9-13-17-36/h8-21,30,34,37,40,49H,22-29H2,1-7H3,(H,45,51)(H,47,50)/t34?,37?,40-/m1/s1. The molecule has 3 N–H and O–H groups in total. The van der Waals surface area contributed by atoms with Crippen LogP contribution in [0.1, 0.15) is 59.2 Å². The van der Waals surface area contributed by atoms with Gasteiger partial charge in [0.2, 0.25) is 17.7 Å². The zero-order chi connectivity index (χ0) is 41.2. The van der Waals surface area contributed by atoms with Gasteiger partial charge in [-0.25, -0.2) is 4.98 Å². The lowest BCUT2D eigenvalue weighted by molar-refractivity contribution is -0.144. The molecule has 3 amide bonds. The van der Waals surface area contributed by atoms with Gasteiger partial charge in [0.1, 0.15) is 18.7 Å². The fourth-order valence-electron chi connectivity index (χ4n) is 7.38. The quantitative estimate of drug-likeness (QED) is 0.102. The fraction of sp³-hybridized carbons (Fsp3) is 0.455. The number of carbonyl (C=O) groups is 3. The van der Waals surface area contributed by atoms with Crippen LogP contribution in [0.2, 0.25) is 5.04 Å². The molecular formula is C44H58N4O7SSi. The fourth-order valence-corrected chi connectivity index (χ4v) is 12.7. The largest absolute Gasteiger partial charge is 0.405 e. The molecule has 1 fully saturated rings. The first kappa shape index (κ1) is 43.9. The Balaban J connectivity index is 1.09. The van der Waals surface area contributed by atoms with Gasteiger partial charge in [0.25, 0.3) is 8.32 Å². The van der Waals surface area contributed by atoms with Crippen LogP contribution in [0.4, 0.5) is 0 Å². The van der Waals surface area contributed by atoms with Crippen LogP contribution in [0.3, 0.4) is 0 Å². The molecule has 1 aromatic heterocycles. The van der Waals surface area contributed by atoms with Gasteiger partial charge in [0.05, 0.1) is 48.6 Å². The SMILES string of the molecule is Cc1ncsc1-c1ccc(CNC(=O)C2CC(O)CN2C(=O)[C@@H](NC(=O)COCCOCCO[Si](c2ccccc2)(c2ccccc2)C(C)(C)C)C(C)(C)C)cc1. The van der Waals surface area contributed by atoms with Gasteiger partial charge in [-0.15, -0.1) is 11.3 Å². The minimum Gasteiger partial charge on any atom is -0.405 e. The predicted molar refractivity (Wildman–Crippen MR) is 227 cm³/mol. The summed E-state index contributed by atoms with van der Waals surface area (Å²) in [7, 11) is -2.67. The summed E-state index contributed by atoms with van der Waals surface area (Å²) in [6.07, 6.45) is -0.751. The van der Waals surface area contributed by atoms with Crippen molar-refractivity contribution in [3.05, 3.63) is 102 Å². The molecular weight excluding hydrogens is 757 g/mol. The maximum absolute atomic E-state index is 14.0. The van der Waals surface area contributed by atoms with Crippen LogP contribution in [0.25, 0.3) is 10.4 Å². The highest BCUT2D eigenvalue weighted by molar-refractivity contribution is 7.13. The summed E-state index contributed by atoms with van der Waals surface area (Å²) in [4.78, 5) is 47.3. The third-order valence-electron chi connectivity index (χ3n) is 10.3. The molecule has 2 unspecified atom stereocenters. The van der Waals surface area contributed by atoms with E-state index in [2.05, 4.69) is 84.9 Å². The van der Waals surface area contributed by atoms with Crippen LogP contribution >= 0.6 is 11.3 Å². The normalized spacial score (nSPS) is 16.7. The number of β-amino-alcohol motifs (C(OH)–C–C–N with tert-alkyl or cyclic N) is 1. The monoisotopic (exact) mass is 814 g/mol. The Morgan fingerprint density at radius 3 is 2.04 bits per heavy atom. The van der Waals surface area contributed by atoms with E-state index in [1.807, 2.05) is 69.6 Å². The summed E-state index contributed by atoms with van der Waals surface area (Å²) in [5.41, 5.74) is 4.06. The van der Waals surface area contributed by atoms with E-state index in [9.17, 15) is 19.5 Å². The average molecular weight is 815 g/mol. The highest BCUT2D eigenvalue weighted by Crippen LogP contribution is 2.36. The molecule has 1 saturated heterocycles. The molecule has 0 radical (unpaired) electrons. The summed E-state index contributed by atoms with van der Waals surface area (Å²) in [5.74, 6) is -1.25. The molecule has 2 heterocycles. The zero-order valence-electron chi connectivity index (χ0n) is 34.2. The number of aromatic nitrogens is 1. The van der Waals surface area contributed by atoms with Crippen molar-refractivity contribution in [1.29, 1.82) is 0 Å². The maximum atomic E-state index is 14.0. The van der Waals surface area contributed by atoms with E-state index in [0.29, 0.717) is 13.2 Å². The second-order valence-corrected chi connectivity index (χ2v) is 21.8. The highest BCUT2D eigenvalue weighted by atomic mass is 32.1. The molecule has 1 aliphatic rings. The third kappa shape index (κ3) is 11.0. The number of hydrogen-bond acceptors (Lipinski definition) is 9. The molecule has 0 spiro atoms. The summed E-state index contributed by atoms with van der Waals surface area (Å²) < 4.78 is 18.4. The van der Waals surface area contributed by atoms with Gasteiger partial charge >= 0.3 is 0 Å². The van der Waals surface area contributed by atoms with Crippen molar-refractivity contribution in [1.82, 2.24) is 20.5 Å². The molecule has 5 rings (SSSR count). The maximum Gasteiger partial charge on any atom is 0.261 e. The van der Waals surface area contributed by atoms with Crippen LogP contribution in [0.5, 0.6) is 0 Å². The highest BCUT2D eigenvalue weighted by Gasteiger charge is 2.50. The molecule has 1 aliphatic heterocycles.